The summed E-state index contributed by atoms with van der Waals surface area (Å²) in [5.41, 5.74) is 2.26. The Balaban J connectivity index is 1.74. The van der Waals surface area contributed by atoms with Crippen LogP contribution in [-0.2, 0) is 7.05 Å². The summed E-state index contributed by atoms with van der Waals surface area (Å²) in [6, 6.07) is 7.13. The summed E-state index contributed by atoms with van der Waals surface area (Å²) in [7, 11) is 1.74. The van der Waals surface area contributed by atoms with Crippen LogP contribution in [0.15, 0.2) is 30.3 Å². The van der Waals surface area contributed by atoms with E-state index in [1.54, 1.807) is 24.7 Å². The minimum Gasteiger partial charge on any atom is -0.404 e. The zero-order valence-corrected chi connectivity index (χ0v) is 15.2. The van der Waals surface area contributed by atoms with Gasteiger partial charge in [-0.05, 0) is 38.0 Å². The van der Waals surface area contributed by atoms with Crippen LogP contribution in [0.2, 0.25) is 0 Å². The van der Waals surface area contributed by atoms with Gasteiger partial charge >= 0.3 is 6.36 Å². The highest BCUT2D eigenvalue weighted by molar-refractivity contribution is 6.13. The molecular formula is C19H17F3N4O2. The van der Waals surface area contributed by atoms with Crippen LogP contribution in [-0.4, -0.2) is 27.0 Å². The fraction of sp³-hybridized carbons (Fsp3) is 0.316. The van der Waals surface area contributed by atoms with Gasteiger partial charge in [0.15, 0.2) is 11.4 Å². The number of carbonyl (C=O) groups excluding carboxylic acids is 1. The number of nitrogens with one attached hydrogen (secondary N) is 1. The second-order valence-corrected chi connectivity index (χ2v) is 6.77. The first-order valence-electron chi connectivity index (χ1n) is 8.73. The molecule has 0 saturated heterocycles. The summed E-state index contributed by atoms with van der Waals surface area (Å²) in [4.78, 5) is 17.6. The normalized spacial score (nSPS) is 14.3. The van der Waals surface area contributed by atoms with Crippen molar-refractivity contribution in [2.75, 3.05) is 5.32 Å². The second-order valence-electron chi connectivity index (χ2n) is 6.77. The van der Waals surface area contributed by atoms with Gasteiger partial charge in [-0.25, -0.2) is 4.98 Å². The van der Waals surface area contributed by atoms with Crippen molar-refractivity contribution in [2.24, 2.45) is 7.05 Å². The van der Waals surface area contributed by atoms with Gasteiger partial charge in [-0.15, -0.1) is 13.2 Å². The molecule has 4 rings (SSSR count). The minimum absolute atomic E-state index is 0.0655. The van der Waals surface area contributed by atoms with E-state index in [0.29, 0.717) is 28.2 Å². The summed E-state index contributed by atoms with van der Waals surface area (Å²) >= 11 is 0. The monoisotopic (exact) mass is 390 g/mol. The molecule has 2 aromatic heterocycles. The van der Waals surface area contributed by atoms with Crippen molar-refractivity contribution < 1.29 is 22.7 Å². The molecule has 1 amide bonds. The lowest BCUT2D eigenvalue weighted by molar-refractivity contribution is -0.274. The molecule has 0 unspecified atom stereocenters. The molecule has 0 radical (unpaired) electrons. The molecular weight excluding hydrogens is 373 g/mol. The molecule has 0 bridgehead atoms. The van der Waals surface area contributed by atoms with E-state index in [0.717, 1.165) is 24.6 Å². The van der Waals surface area contributed by atoms with Crippen LogP contribution in [0.25, 0.3) is 11.0 Å². The Morgan fingerprint density at radius 2 is 2.00 bits per heavy atom. The SMILES string of the molecule is Cc1nn(C)c2nc(C3CC3)cc(C(=O)Nc3ccccc3OC(F)(F)F)c12. The number of rotatable bonds is 4. The predicted molar refractivity (Wildman–Crippen MR) is 96.3 cm³/mol. The van der Waals surface area contributed by atoms with Gasteiger partial charge in [-0.1, -0.05) is 12.1 Å². The molecule has 2 heterocycles. The molecule has 3 aromatic rings. The largest absolute Gasteiger partial charge is 0.573 e. The van der Waals surface area contributed by atoms with E-state index < -0.39 is 18.0 Å². The van der Waals surface area contributed by atoms with Crippen LogP contribution in [0.4, 0.5) is 18.9 Å². The van der Waals surface area contributed by atoms with E-state index in [2.05, 4.69) is 20.1 Å². The highest BCUT2D eigenvalue weighted by Crippen LogP contribution is 2.40. The third-order valence-corrected chi connectivity index (χ3v) is 4.59. The molecule has 1 aromatic carbocycles. The van der Waals surface area contributed by atoms with Gasteiger partial charge in [-0.2, -0.15) is 5.10 Å². The van der Waals surface area contributed by atoms with Crippen LogP contribution in [0, 0.1) is 6.92 Å². The quantitative estimate of drug-likeness (QED) is 0.721. The molecule has 28 heavy (non-hydrogen) atoms. The number of anilines is 1. The summed E-state index contributed by atoms with van der Waals surface area (Å²) in [6.45, 7) is 1.76. The van der Waals surface area contributed by atoms with Gasteiger partial charge in [0.1, 0.15) is 0 Å². The topological polar surface area (TPSA) is 69.0 Å². The van der Waals surface area contributed by atoms with E-state index in [1.807, 2.05) is 0 Å². The first kappa shape index (κ1) is 18.3. The molecule has 0 atom stereocenters. The van der Waals surface area contributed by atoms with Gasteiger partial charge in [0, 0.05) is 18.7 Å². The summed E-state index contributed by atoms with van der Waals surface area (Å²) < 4.78 is 43.5. The maximum atomic E-state index is 13.0. The van der Waals surface area contributed by atoms with Gasteiger partial charge in [0.25, 0.3) is 5.91 Å². The van der Waals surface area contributed by atoms with Crippen molar-refractivity contribution >= 4 is 22.6 Å². The summed E-state index contributed by atoms with van der Waals surface area (Å²) in [5, 5.41) is 7.45. The maximum absolute atomic E-state index is 13.0. The smallest absolute Gasteiger partial charge is 0.404 e. The van der Waals surface area contributed by atoms with Crippen molar-refractivity contribution in [3.8, 4) is 5.75 Å². The zero-order valence-electron chi connectivity index (χ0n) is 15.2. The number of hydrogen-bond donors (Lipinski definition) is 1. The molecule has 9 heteroatoms. The predicted octanol–water partition coefficient (Wildman–Crippen LogP) is 4.31. The number of nitrogens with zero attached hydrogens (tertiary/aromatic N) is 3. The standard InChI is InChI=1S/C19H17F3N4O2/c1-10-16-12(9-14(11-7-8-11)23-17(16)26(2)25-10)18(27)24-13-5-3-4-6-15(13)28-19(20,21)22/h3-6,9,11H,7-8H2,1-2H3,(H,24,27). The maximum Gasteiger partial charge on any atom is 0.573 e. The molecule has 1 aliphatic carbocycles. The number of ether oxygens (including phenoxy) is 1. The Bertz CT molecular complexity index is 1070. The van der Waals surface area contributed by atoms with Crippen LogP contribution in [0.1, 0.15) is 40.5 Å². The number of halogens is 3. The van der Waals surface area contributed by atoms with Crippen LogP contribution in [0.3, 0.4) is 0 Å². The fourth-order valence-electron chi connectivity index (χ4n) is 3.20. The lowest BCUT2D eigenvalue weighted by Crippen LogP contribution is -2.20. The van der Waals surface area contributed by atoms with Gasteiger partial charge in [-0.3, -0.25) is 9.48 Å². The number of alkyl halides is 3. The third kappa shape index (κ3) is 3.51. The van der Waals surface area contributed by atoms with E-state index in [-0.39, 0.29) is 5.69 Å². The molecule has 1 N–H and O–H groups in total. The Kier molecular flexibility index (Phi) is 4.24. The molecule has 146 valence electrons. The molecule has 0 spiro atoms. The lowest BCUT2D eigenvalue weighted by atomic mass is 10.1. The number of amides is 1. The molecule has 6 nitrogen and oxygen atoms in total. The number of aromatic nitrogens is 3. The molecule has 1 saturated carbocycles. The van der Waals surface area contributed by atoms with E-state index >= 15 is 0 Å². The van der Waals surface area contributed by atoms with Crippen LogP contribution >= 0.6 is 0 Å². The molecule has 1 aliphatic rings. The summed E-state index contributed by atoms with van der Waals surface area (Å²) in [6.07, 6.45) is -2.86. The molecule has 0 aliphatic heterocycles. The first-order chi connectivity index (χ1) is 13.2. The van der Waals surface area contributed by atoms with E-state index in [1.165, 1.54) is 18.2 Å². The number of benzene rings is 1. The number of fused-ring (bicyclic) bond motifs is 1. The fourth-order valence-corrected chi connectivity index (χ4v) is 3.20. The number of hydrogen-bond acceptors (Lipinski definition) is 4. The van der Waals surface area contributed by atoms with Crippen molar-refractivity contribution in [3.63, 3.8) is 0 Å². The first-order valence-corrected chi connectivity index (χ1v) is 8.73. The van der Waals surface area contributed by atoms with Gasteiger partial charge in [0.2, 0.25) is 0 Å². The minimum atomic E-state index is -4.86. The Morgan fingerprint density at radius 3 is 2.68 bits per heavy atom. The van der Waals surface area contributed by atoms with E-state index in [4.69, 9.17) is 0 Å². The van der Waals surface area contributed by atoms with Gasteiger partial charge in [0.05, 0.1) is 22.3 Å². The Morgan fingerprint density at radius 1 is 1.29 bits per heavy atom. The number of carbonyl (C=O) groups is 1. The Hall–Kier alpha value is -3.10. The van der Waals surface area contributed by atoms with Crippen molar-refractivity contribution in [3.05, 3.63) is 47.3 Å². The van der Waals surface area contributed by atoms with Crippen molar-refractivity contribution in [1.29, 1.82) is 0 Å². The second kappa shape index (κ2) is 6.50. The van der Waals surface area contributed by atoms with Crippen LogP contribution in [0.5, 0.6) is 5.75 Å². The average molecular weight is 390 g/mol. The molecule has 1 fully saturated rings. The highest BCUT2D eigenvalue weighted by atomic mass is 19.4. The third-order valence-electron chi connectivity index (χ3n) is 4.59. The van der Waals surface area contributed by atoms with Crippen LogP contribution < -0.4 is 10.1 Å². The van der Waals surface area contributed by atoms with E-state index in [9.17, 15) is 18.0 Å². The van der Waals surface area contributed by atoms with Crippen molar-refractivity contribution in [1.82, 2.24) is 14.8 Å². The number of pyridine rings is 1. The lowest BCUT2D eigenvalue weighted by Gasteiger charge is -2.14. The summed E-state index contributed by atoms with van der Waals surface area (Å²) in [5.74, 6) is -0.713. The number of aryl methyl sites for hydroxylation is 2. The zero-order chi connectivity index (χ0) is 20.1. The van der Waals surface area contributed by atoms with Crippen molar-refractivity contribution in [2.45, 2.75) is 32.0 Å². The highest BCUT2D eigenvalue weighted by Gasteiger charge is 2.33. The average Bonchev–Trinajstić information content (AvgIpc) is 3.42. The number of para-hydroxylation sites is 2. The van der Waals surface area contributed by atoms with Gasteiger partial charge < -0.3 is 10.1 Å². The Labute approximate surface area is 158 Å².